The Labute approximate surface area is 335 Å². The minimum Gasteiger partial charge on any atom is -0.256 e. The molecule has 7 aromatic heterocycles. The average Bonchev–Trinajstić information content (AvgIpc) is 3.99. The number of pyridine rings is 6. The van der Waals surface area contributed by atoms with Crippen LogP contribution >= 0.6 is 11.3 Å². The summed E-state index contributed by atoms with van der Waals surface area (Å²) in [4.78, 5) is 28.8. The van der Waals surface area contributed by atoms with Crippen molar-refractivity contribution in [3.8, 4) is 22.0 Å². The zero-order valence-corrected chi connectivity index (χ0v) is 32.0. The topological polar surface area (TPSA) is 77.3 Å². The zero-order chi connectivity index (χ0) is 38.2. The normalized spacial score (nSPS) is 14.8. The van der Waals surface area contributed by atoms with Crippen LogP contribution in [0, 0.1) is 5.92 Å². The monoisotopic (exact) mass is 754 g/mol. The van der Waals surface area contributed by atoms with Crippen molar-refractivity contribution in [2.75, 3.05) is 0 Å². The van der Waals surface area contributed by atoms with Gasteiger partial charge in [0.15, 0.2) is 0 Å². The minimum absolute atomic E-state index is 0.803. The first-order valence-corrected chi connectivity index (χ1v) is 19.9. The van der Waals surface area contributed by atoms with Crippen molar-refractivity contribution in [2.45, 2.75) is 18.8 Å². The van der Waals surface area contributed by atoms with Crippen LogP contribution in [0.2, 0.25) is 0 Å². The third kappa shape index (κ3) is 8.20. The number of hydrogen-bond donors (Lipinski definition) is 0. The minimum atomic E-state index is 0.803. The highest BCUT2D eigenvalue weighted by Crippen LogP contribution is 2.53. The quantitative estimate of drug-likeness (QED) is 0.129. The predicted molar refractivity (Wildman–Crippen MR) is 235 cm³/mol. The van der Waals surface area contributed by atoms with Gasteiger partial charge in [0.2, 0.25) is 0 Å². The van der Waals surface area contributed by atoms with Crippen molar-refractivity contribution in [1.82, 2.24) is 29.9 Å². The highest BCUT2D eigenvalue weighted by molar-refractivity contribution is 7.15. The molecule has 0 saturated heterocycles. The lowest BCUT2D eigenvalue weighted by atomic mass is 10.1. The highest BCUT2D eigenvalue weighted by Gasteiger charge is 2.39. The summed E-state index contributed by atoms with van der Waals surface area (Å²) < 4.78 is 0. The van der Waals surface area contributed by atoms with E-state index in [9.17, 15) is 0 Å². The molecule has 7 heterocycles. The SMILES string of the molecule is C1=CC2CC2c2cc(-c3ccccn3)sc2C1.c1ccc(-c2ccccn2)nc1.c1ccc2c(c1)ccc1cccnc12.c1cnc2c(c1)ccc1cccnc12. The van der Waals surface area contributed by atoms with Gasteiger partial charge >= 0.3 is 0 Å². The first-order valence-electron chi connectivity index (χ1n) is 19.1. The van der Waals surface area contributed by atoms with E-state index in [-0.39, 0.29) is 0 Å². The van der Waals surface area contributed by atoms with Gasteiger partial charge in [-0.2, -0.15) is 0 Å². The molecule has 0 radical (unpaired) electrons. The van der Waals surface area contributed by atoms with Gasteiger partial charge < -0.3 is 0 Å². The summed E-state index contributed by atoms with van der Waals surface area (Å²) >= 11 is 1.92. The maximum absolute atomic E-state index is 4.45. The molecule has 2 aliphatic rings. The van der Waals surface area contributed by atoms with Crippen LogP contribution in [0.3, 0.4) is 0 Å². The van der Waals surface area contributed by atoms with E-state index >= 15 is 0 Å². The fraction of sp³-hybridized carbons (Fsp3) is 0.0800. The first kappa shape index (κ1) is 35.7. The smallest absolute Gasteiger partial charge is 0.0964 e. The Bertz CT molecular complexity index is 2670. The maximum Gasteiger partial charge on any atom is 0.0964 e. The number of nitrogens with zero attached hydrogens (tertiary/aromatic N) is 6. The van der Waals surface area contributed by atoms with Crippen molar-refractivity contribution >= 4 is 54.8 Å². The molecule has 0 bridgehead atoms. The summed E-state index contributed by atoms with van der Waals surface area (Å²) in [5.41, 5.74) is 7.58. The fourth-order valence-electron chi connectivity index (χ4n) is 7.21. The van der Waals surface area contributed by atoms with Gasteiger partial charge in [0.1, 0.15) is 0 Å². The molecule has 10 aromatic rings. The van der Waals surface area contributed by atoms with Gasteiger partial charge in [-0.3, -0.25) is 29.9 Å². The van der Waals surface area contributed by atoms with Crippen LogP contribution in [0.5, 0.6) is 0 Å². The summed E-state index contributed by atoms with van der Waals surface area (Å²) in [7, 11) is 0. The van der Waals surface area contributed by atoms with Crippen LogP contribution in [0.1, 0.15) is 22.8 Å². The van der Waals surface area contributed by atoms with E-state index in [0.717, 1.165) is 62.7 Å². The molecule has 7 heteroatoms. The molecule has 0 spiro atoms. The van der Waals surface area contributed by atoms with Gasteiger partial charge in [0.05, 0.1) is 38.5 Å². The molecule has 1 saturated carbocycles. The van der Waals surface area contributed by atoms with E-state index in [4.69, 9.17) is 0 Å². The molecule has 274 valence electrons. The Balaban J connectivity index is 0.0000000996. The molecule has 12 rings (SSSR count). The van der Waals surface area contributed by atoms with Gasteiger partial charge in [0.25, 0.3) is 0 Å². The van der Waals surface area contributed by atoms with Crippen LogP contribution in [0.4, 0.5) is 0 Å². The summed E-state index contributed by atoms with van der Waals surface area (Å²) in [5.74, 6) is 1.62. The van der Waals surface area contributed by atoms with Gasteiger partial charge in [0, 0.05) is 70.0 Å². The van der Waals surface area contributed by atoms with E-state index in [1.54, 1.807) is 35.2 Å². The van der Waals surface area contributed by atoms with Gasteiger partial charge in [-0.25, -0.2) is 0 Å². The molecule has 0 N–H and O–H groups in total. The van der Waals surface area contributed by atoms with Crippen molar-refractivity contribution in [3.63, 3.8) is 0 Å². The van der Waals surface area contributed by atoms with E-state index in [2.05, 4.69) is 127 Å². The Morgan fingerprint density at radius 1 is 0.439 bits per heavy atom. The summed E-state index contributed by atoms with van der Waals surface area (Å²) in [6.45, 7) is 0. The molecule has 57 heavy (non-hydrogen) atoms. The average molecular weight is 755 g/mol. The summed E-state index contributed by atoms with van der Waals surface area (Å²) in [5, 5.41) is 5.95. The Morgan fingerprint density at radius 2 is 0.930 bits per heavy atom. The highest BCUT2D eigenvalue weighted by atomic mass is 32.1. The molecular formula is C50H38N6S. The number of thiophene rings is 1. The lowest BCUT2D eigenvalue weighted by Crippen LogP contribution is -1.83. The molecular weight excluding hydrogens is 717 g/mol. The second kappa shape index (κ2) is 16.8. The van der Waals surface area contributed by atoms with Crippen LogP contribution in [-0.4, -0.2) is 29.9 Å². The van der Waals surface area contributed by atoms with Crippen molar-refractivity contribution in [2.24, 2.45) is 5.92 Å². The molecule has 3 aromatic carbocycles. The van der Waals surface area contributed by atoms with Crippen LogP contribution in [-0.2, 0) is 6.42 Å². The van der Waals surface area contributed by atoms with Crippen LogP contribution < -0.4 is 0 Å². The lowest BCUT2D eigenvalue weighted by molar-refractivity contribution is 1.02. The van der Waals surface area contributed by atoms with Crippen molar-refractivity contribution < 1.29 is 0 Å². The number of rotatable bonds is 2. The lowest BCUT2D eigenvalue weighted by Gasteiger charge is -2.01. The summed E-state index contributed by atoms with van der Waals surface area (Å²) in [6, 6.07) is 48.9. The number of fused-ring (bicyclic) bond motifs is 9. The maximum atomic E-state index is 4.45. The van der Waals surface area contributed by atoms with E-state index in [0.29, 0.717) is 0 Å². The molecule has 0 aliphatic heterocycles. The van der Waals surface area contributed by atoms with E-state index in [1.807, 2.05) is 84.4 Å². The molecule has 2 unspecified atom stereocenters. The van der Waals surface area contributed by atoms with Crippen molar-refractivity contribution in [3.05, 3.63) is 205 Å². The van der Waals surface area contributed by atoms with Gasteiger partial charge in [-0.15, -0.1) is 11.3 Å². The van der Waals surface area contributed by atoms with Crippen LogP contribution in [0.15, 0.2) is 195 Å². The zero-order valence-electron chi connectivity index (χ0n) is 31.1. The molecule has 2 atom stereocenters. The third-order valence-electron chi connectivity index (χ3n) is 10.1. The number of benzene rings is 3. The number of hydrogen-bond acceptors (Lipinski definition) is 7. The van der Waals surface area contributed by atoms with Gasteiger partial charge in [-0.1, -0.05) is 97.1 Å². The van der Waals surface area contributed by atoms with Gasteiger partial charge in [-0.05, 0) is 89.9 Å². The third-order valence-corrected chi connectivity index (χ3v) is 11.3. The fourth-order valence-corrected chi connectivity index (χ4v) is 8.39. The first-order chi connectivity index (χ1) is 28.3. The Morgan fingerprint density at radius 3 is 1.53 bits per heavy atom. The Kier molecular flexibility index (Phi) is 10.5. The van der Waals surface area contributed by atoms with E-state index in [1.165, 1.54) is 27.5 Å². The number of aromatic nitrogens is 6. The molecule has 2 aliphatic carbocycles. The standard InChI is InChI=1S/C15H13NS.C13H9N.C12H8N2.C10H8N2/c1-2-7-16-13(5-1)15-9-12-11-8-10(11)4-3-6-14(12)17-15;1-2-6-12-10(4-1)7-8-11-5-3-9-14-13(11)12;1-3-9-5-6-10-4-2-8-14-12(10)11(9)13-7-1;1-3-7-11-9(5-1)10-6-2-4-8-12-10/h1-5,7,9-11H,6,8H2;1-9H;1-8H;1-8H. The number of allylic oxidation sites excluding steroid dienone is 2. The Hall–Kier alpha value is -6.96. The van der Waals surface area contributed by atoms with E-state index < -0.39 is 0 Å². The molecule has 0 amide bonds. The molecule has 6 nitrogen and oxygen atoms in total. The summed E-state index contributed by atoms with van der Waals surface area (Å²) in [6.07, 6.45) is 18.1. The largest absolute Gasteiger partial charge is 0.256 e. The molecule has 1 fully saturated rings. The second-order valence-corrected chi connectivity index (χ2v) is 15.0. The van der Waals surface area contributed by atoms with Crippen molar-refractivity contribution in [1.29, 1.82) is 0 Å². The van der Waals surface area contributed by atoms with Crippen LogP contribution in [0.25, 0.3) is 65.4 Å². The second-order valence-electron chi connectivity index (χ2n) is 13.9. The predicted octanol–water partition coefficient (Wildman–Crippen LogP) is 12.3.